The fraction of sp³-hybridized carbons (Fsp3) is 0.318. The lowest BCUT2D eigenvalue weighted by Gasteiger charge is -2.07. The lowest BCUT2D eigenvalue weighted by molar-refractivity contribution is -0.143. The molecule has 0 fully saturated rings. The molecule has 0 spiro atoms. The van der Waals surface area contributed by atoms with Gasteiger partial charge in [0.15, 0.2) is 14.6 Å². The Morgan fingerprint density at radius 2 is 1.81 bits per heavy atom. The first-order valence-electron chi connectivity index (χ1n) is 9.82. The summed E-state index contributed by atoms with van der Waals surface area (Å²) >= 11 is 1.30. The number of aryl methyl sites for hydroxylation is 1. The van der Waals surface area contributed by atoms with Gasteiger partial charge in [0.25, 0.3) is 5.91 Å². The van der Waals surface area contributed by atoms with Crippen LogP contribution in [0.15, 0.2) is 52.4 Å². The SMILES string of the molecule is CCOC(=O)Cn1c(=NC(=O)c2ccc(S(=O)(=O)C(C)C)cc2)sc2cc(C)ccc21. The molecule has 0 saturated carbocycles. The topological polar surface area (TPSA) is 94.8 Å². The van der Waals surface area contributed by atoms with E-state index in [1.165, 1.54) is 35.6 Å². The molecular formula is C22H24N2O5S2. The highest BCUT2D eigenvalue weighted by molar-refractivity contribution is 7.92. The maximum atomic E-state index is 12.8. The lowest BCUT2D eigenvalue weighted by atomic mass is 10.2. The van der Waals surface area contributed by atoms with E-state index in [9.17, 15) is 18.0 Å². The summed E-state index contributed by atoms with van der Waals surface area (Å²) in [5.74, 6) is -0.936. The Morgan fingerprint density at radius 1 is 1.13 bits per heavy atom. The van der Waals surface area contributed by atoms with E-state index in [4.69, 9.17) is 4.74 Å². The predicted octanol–water partition coefficient (Wildman–Crippen LogP) is 3.50. The molecule has 164 valence electrons. The third-order valence-electron chi connectivity index (χ3n) is 4.68. The van der Waals surface area contributed by atoms with Crippen LogP contribution in [0, 0.1) is 6.92 Å². The molecule has 0 aliphatic heterocycles. The van der Waals surface area contributed by atoms with Gasteiger partial charge in [0.2, 0.25) is 0 Å². The molecule has 0 aliphatic carbocycles. The number of benzene rings is 2. The maximum absolute atomic E-state index is 12.8. The lowest BCUT2D eigenvalue weighted by Crippen LogP contribution is -2.23. The van der Waals surface area contributed by atoms with Gasteiger partial charge in [-0.3, -0.25) is 9.59 Å². The zero-order chi connectivity index (χ0) is 22.8. The molecule has 9 heteroatoms. The van der Waals surface area contributed by atoms with E-state index in [2.05, 4.69) is 4.99 Å². The number of ether oxygens (including phenoxy) is 1. The van der Waals surface area contributed by atoms with Crippen molar-refractivity contribution >= 4 is 43.3 Å². The minimum atomic E-state index is -3.42. The van der Waals surface area contributed by atoms with Gasteiger partial charge in [-0.1, -0.05) is 17.4 Å². The van der Waals surface area contributed by atoms with Crippen LogP contribution in [-0.4, -0.2) is 36.7 Å². The van der Waals surface area contributed by atoms with Crippen molar-refractivity contribution in [3.05, 3.63) is 58.4 Å². The maximum Gasteiger partial charge on any atom is 0.326 e. The first-order valence-corrected chi connectivity index (χ1v) is 12.2. The fourth-order valence-corrected chi connectivity index (χ4v) is 5.15. The quantitative estimate of drug-likeness (QED) is 0.525. The molecule has 1 heterocycles. The van der Waals surface area contributed by atoms with Gasteiger partial charge in [0.05, 0.1) is 27.0 Å². The van der Waals surface area contributed by atoms with Crippen LogP contribution in [-0.2, 0) is 25.9 Å². The summed E-state index contributed by atoms with van der Waals surface area (Å²) in [6.45, 7) is 7.11. The van der Waals surface area contributed by atoms with Gasteiger partial charge in [0.1, 0.15) is 6.54 Å². The van der Waals surface area contributed by atoms with E-state index in [0.29, 0.717) is 4.80 Å². The summed E-state index contributed by atoms with van der Waals surface area (Å²) in [5.41, 5.74) is 2.10. The van der Waals surface area contributed by atoms with Crippen molar-refractivity contribution in [2.45, 2.75) is 44.4 Å². The monoisotopic (exact) mass is 460 g/mol. The number of carbonyl (C=O) groups is 2. The van der Waals surface area contributed by atoms with E-state index < -0.39 is 27.0 Å². The molecule has 2 aromatic carbocycles. The number of carbonyl (C=O) groups excluding carboxylic acids is 2. The molecule has 0 atom stereocenters. The van der Waals surface area contributed by atoms with Gasteiger partial charge in [-0.25, -0.2) is 8.42 Å². The summed E-state index contributed by atoms with van der Waals surface area (Å²) in [5, 5.41) is -0.553. The number of thiazole rings is 1. The normalized spacial score (nSPS) is 12.5. The van der Waals surface area contributed by atoms with Crippen molar-refractivity contribution in [3.8, 4) is 0 Å². The minimum Gasteiger partial charge on any atom is -0.465 e. The number of nitrogens with zero attached hydrogens (tertiary/aromatic N) is 2. The summed E-state index contributed by atoms with van der Waals surface area (Å²) in [6, 6.07) is 11.5. The summed E-state index contributed by atoms with van der Waals surface area (Å²) in [7, 11) is -3.42. The number of fused-ring (bicyclic) bond motifs is 1. The largest absolute Gasteiger partial charge is 0.465 e. The highest BCUT2D eigenvalue weighted by Gasteiger charge is 2.19. The third-order valence-corrected chi connectivity index (χ3v) is 7.89. The van der Waals surface area contributed by atoms with E-state index in [1.807, 2.05) is 25.1 Å². The molecule has 3 aromatic rings. The van der Waals surface area contributed by atoms with Gasteiger partial charge in [-0.05, 0) is 69.7 Å². The summed E-state index contributed by atoms with van der Waals surface area (Å²) in [6.07, 6.45) is 0. The highest BCUT2D eigenvalue weighted by atomic mass is 32.2. The summed E-state index contributed by atoms with van der Waals surface area (Å²) in [4.78, 5) is 29.6. The van der Waals surface area contributed by atoms with Crippen LogP contribution in [0.25, 0.3) is 10.2 Å². The number of rotatable bonds is 6. The van der Waals surface area contributed by atoms with E-state index in [1.54, 1.807) is 25.3 Å². The molecule has 0 aliphatic rings. The second-order valence-electron chi connectivity index (χ2n) is 7.28. The molecule has 0 radical (unpaired) electrons. The zero-order valence-corrected chi connectivity index (χ0v) is 19.4. The summed E-state index contributed by atoms with van der Waals surface area (Å²) < 4.78 is 32.2. The van der Waals surface area contributed by atoms with Crippen LogP contribution >= 0.6 is 11.3 Å². The van der Waals surface area contributed by atoms with Crippen LogP contribution < -0.4 is 4.80 Å². The molecule has 0 unspecified atom stereocenters. The van der Waals surface area contributed by atoms with Crippen molar-refractivity contribution in [1.82, 2.24) is 4.57 Å². The average Bonchev–Trinajstić information content (AvgIpc) is 3.04. The van der Waals surface area contributed by atoms with Crippen molar-refractivity contribution in [2.75, 3.05) is 6.61 Å². The fourth-order valence-electron chi connectivity index (χ4n) is 2.97. The molecule has 0 bridgehead atoms. The van der Waals surface area contributed by atoms with Crippen LogP contribution in [0.3, 0.4) is 0 Å². The van der Waals surface area contributed by atoms with Gasteiger partial charge in [0, 0.05) is 5.56 Å². The number of aromatic nitrogens is 1. The standard InChI is InChI=1S/C22H24N2O5S2/c1-5-29-20(25)13-24-18-11-6-15(4)12-19(18)30-22(24)23-21(26)16-7-9-17(10-8-16)31(27,28)14(2)3/h6-12,14H,5,13H2,1-4H3. The number of amides is 1. The van der Waals surface area contributed by atoms with Crippen LogP contribution in [0.1, 0.15) is 36.7 Å². The number of hydrogen-bond donors (Lipinski definition) is 0. The van der Waals surface area contributed by atoms with Gasteiger partial charge < -0.3 is 9.30 Å². The van der Waals surface area contributed by atoms with Gasteiger partial charge in [-0.2, -0.15) is 4.99 Å². The van der Waals surface area contributed by atoms with Gasteiger partial charge >= 0.3 is 5.97 Å². The van der Waals surface area contributed by atoms with Crippen LogP contribution in [0.4, 0.5) is 0 Å². The molecule has 0 N–H and O–H groups in total. The first kappa shape index (κ1) is 22.9. The Balaban J connectivity index is 2.03. The molecule has 3 rings (SSSR count). The Labute approximate surface area is 184 Å². The first-order chi connectivity index (χ1) is 14.6. The van der Waals surface area contributed by atoms with Crippen molar-refractivity contribution in [1.29, 1.82) is 0 Å². The zero-order valence-electron chi connectivity index (χ0n) is 17.8. The second-order valence-corrected chi connectivity index (χ2v) is 10.8. The third kappa shape index (κ3) is 4.94. The Kier molecular flexibility index (Phi) is 6.76. The molecule has 1 amide bonds. The van der Waals surface area contributed by atoms with Crippen molar-refractivity contribution < 1.29 is 22.7 Å². The Hall–Kier alpha value is -2.78. The molecule has 1 aromatic heterocycles. The van der Waals surface area contributed by atoms with E-state index in [0.717, 1.165) is 15.8 Å². The molecular weight excluding hydrogens is 436 g/mol. The Bertz CT molecular complexity index is 1300. The number of sulfone groups is 1. The average molecular weight is 461 g/mol. The number of esters is 1. The second kappa shape index (κ2) is 9.15. The predicted molar refractivity (Wildman–Crippen MR) is 120 cm³/mol. The minimum absolute atomic E-state index is 0.0609. The van der Waals surface area contributed by atoms with Crippen molar-refractivity contribution in [2.24, 2.45) is 4.99 Å². The van der Waals surface area contributed by atoms with Crippen LogP contribution in [0.2, 0.25) is 0 Å². The molecule has 31 heavy (non-hydrogen) atoms. The molecule has 0 saturated heterocycles. The Morgan fingerprint density at radius 3 is 2.42 bits per heavy atom. The van der Waals surface area contributed by atoms with E-state index >= 15 is 0 Å². The van der Waals surface area contributed by atoms with Gasteiger partial charge in [-0.15, -0.1) is 0 Å². The highest BCUT2D eigenvalue weighted by Crippen LogP contribution is 2.20. The van der Waals surface area contributed by atoms with Crippen molar-refractivity contribution in [3.63, 3.8) is 0 Å². The van der Waals surface area contributed by atoms with Crippen LogP contribution in [0.5, 0.6) is 0 Å². The number of hydrogen-bond acceptors (Lipinski definition) is 6. The molecule has 7 nitrogen and oxygen atoms in total. The van der Waals surface area contributed by atoms with E-state index in [-0.39, 0.29) is 23.6 Å². The smallest absolute Gasteiger partial charge is 0.326 e.